The molecule has 0 aromatic carbocycles. The lowest BCUT2D eigenvalue weighted by Gasteiger charge is -2.17. The minimum atomic E-state index is -0.265. The molecule has 2 heterocycles. The SMILES string of the molecule is CCNC(Cc1nc(C)c(C)s1)c1ccncc1F. The summed E-state index contributed by atoms with van der Waals surface area (Å²) < 4.78 is 13.8. The van der Waals surface area contributed by atoms with Gasteiger partial charge in [-0.15, -0.1) is 11.3 Å². The van der Waals surface area contributed by atoms with Crippen molar-refractivity contribution in [2.45, 2.75) is 33.2 Å². The molecule has 102 valence electrons. The molecule has 0 saturated heterocycles. The van der Waals surface area contributed by atoms with Crippen molar-refractivity contribution >= 4 is 11.3 Å². The predicted octanol–water partition coefficient (Wildman–Crippen LogP) is 3.19. The molecule has 0 spiro atoms. The number of hydrogen-bond donors (Lipinski definition) is 1. The summed E-state index contributed by atoms with van der Waals surface area (Å²) in [6.07, 6.45) is 3.59. The average molecular weight is 279 g/mol. The van der Waals surface area contributed by atoms with Gasteiger partial charge >= 0.3 is 0 Å². The number of halogens is 1. The largest absolute Gasteiger partial charge is 0.310 e. The molecule has 1 unspecified atom stereocenters. The summed E-state index contributed by atoms with van der Waals surface area (Å²) >= 11 is 1.68. The fourth-order valence-electron chi connectivity index (χ4n) is 2.01. The lowest BCUT2D eigenvalue weighted by Crippen LogP contribution is -2.24. The topological polar surface area (TPSA) is 37.8 Å². The van der Waals surface area contributed by atoms with Crippen molar-refractivity contribution in [1.29, 1.82) is 0 Å². The second-order valence-electron chi connectivity index (χ2n) is 4.46. The first-order valence-electron chi connectivity index (χ1n) is 6.37. The number of aromatic nitrogens is 2. The fourth-order valence-corrected chi connectivity index (χ4v) is 2.99. The van der Waals surface area contributed by atoms with E-state index in [1.54, 1.807) is 23.6 Å². The van der Waals surface area contributed by atoms with Crippen molar-refractivity contribution in [2.24, 2.45) is 0 Å². The first-order chi connectivity index (χ1) is 9.11. The van der Waals surface area contributed by atoms with Crippen molar-refractivity contribution in [3.8, 4) is 0 Å². The van der Waals surface area contributed by atoms with Gasteiger partial charge in [0.1, 0.15) is 5.82 Å². The standard InChI is InChI=1S/C14H18FN3S/c1-4-17-13(11-5-6-16-8-12(11)15)7-14-18-9(2)10(3)19-14/h5-6,8,13,17H,4,7H2,1-3H3. The van der Waals surface area contributed by atoms with Gasteiger partial charge in [-0.3, -0.25) is 4.98 Å². The van der Waals surface area contributed by atoms with Gasteiger partial charge in [0.05, 0.1) is 16.9 Å². The van der Waals surface area contributed by atoms with Gasteiger partial charge in [-0.25, -0.2) is 9.37 Å². The van der Waals surface area contributed by atoms with Gasteiger partial charge in [-0.1, -0.05) is 6.92 Å². The average Bonchev–Trinajstić information content (AvgIpc) is 2.68. The summed E-state index contributed by atoms with van der Waals surface area (Å²) in [5.74, 6) is -0.265. The highest BCUT2D eigenvalue weighted by Gasteiger charge is 2.17. The second-order valence-corrected chi connectivity index (χ2v) is 5.75. The van der Waals surface area contributed by atoms with Crippen LogP contribution in [0.3, 0.4) is 0 Å². The minimum absolute atomic E-state index is 0.0575. The summed E-state index contributed by atoms with van der Waals surface area (Å²) in [7, 11) is 0. The van der Waals surface area contributed by atoms with E-state index in [1.165, 1.54) is 11.1 Å². The van der Waals surface area contributed by atoms with Crippen LogP contribution in [0.25, 0.3) is 0 Å². The van der Waals surface area contributed by atoms with E-state index in [2.05, 4.69) is 22.2 Å². The summed E-state index contributed by atoms with van der Waals surface area (Å²) in [5.41, 5.74) is 1.72. The molecule has 2 aromatic rings. The van der Waals surface area contributed by atoms with Crippen molar-refractivity contribution in [3.63, 3.8) is 0 Å². The van der Waals surface area contributed by atoms with E-state index in [0.29, 0.717) is 12.0 Å². The molecule has 0 amide bonds. The van der Waals surface area contributed by atoms with E-state index in [4.69, 9.17) is 0 Å². The van der Waals surface area contributed by atoms with Gasteiger partial charge in [0.25, 0.3) is 0 Å². The highest BCUT2D eigenvalue weighted by atomic mass is 32.1. The maximum absolute atomic E-state index is 13.8. The number of aryl methyl sites for hydroxylation is 2. The van der Waals surface area contributed by atoms with Crippen LogP contribution < -0.4 is 5.32 Å². The molecule has 0 aliphatic rings. The Labute approximate surface area is 116 Å². The van der Waals surface area contributed by atoms with Gasteiger partial charge < -0.3 is 5.32 Å². The Morgan fingerprint density at radius 3 is 2.79 bits per heavy atom. The molecule has 0 saturated carbocycles. The van der Waals surface area contributed by atoms with Gasteiger partial charge in [0.15, 0.2) is 0 Å². The van der Waals surface area contributed by atoms with Crippen molar-refractivity contribution < 1.29 is 4.39 Å². The van der Waals surface area contributed by atoms with Crippen LogP contribution in [0.4, 0.5) is 4.39 Å². The molecular formula is C14H18FN3S. The molecule has 0 bridgehead atoms. The van der Waals surface area contributed by atoms with Crippen LogP contribution in [0.2, 0.25) is 0 Å². The normalized spacial score (nSPS) is 12.6. The predicted molar refractivity (Wildman–Crippen MR) is 75.9 cm³/mol. The summed E-state index contributed by atoms with van der Waals surface area (Å²) in [6.45, 7) is 6.87. The first kappa shape index (κ1) is 14.1. The van der Waals surface area contributed by atoms with E-state index < -0.39 is 0 Å². The monoisotopic (exact) mass is 279 g/mol. The molecule has 0 radical (unpaired) electrons. The molecule has 3 nitrogen and oxygen atoms in total. The van der Waals surface area contributed by atoms with Crippen LogP contribution in [-0.2, 0) is 6.42 Å². The van der Waals surface area contributed by atoms with Crippen molar-refractivity contribution in [2.75, 3.05) is 6.54 Å². The van der Waals surface area contributed by atoms with Gasteiger partial charge in [-0.2, -0.15) is 0 Å². The van der Waals surface area contributed by atoms with Crippen LogP contribution in [0.1, 0.15) is 34.1 Å². The van der Waals surface area contributed by atoms with Gasteiger partial charge in [-0.05, 0) is 26.5 Å². The van der Waals surface area contributed by atoms with Crippen molar-refractivity contribution in [3.05, 3.63) is 45.4 Å². The number of thiazole rings is 1. The quantitative estimate of drug-likeness (QED) is 0.913. The van der Waals surface area contributed by atoms with Crippen LogP contribution in [0, 0.1) is 19.7 Å². The van der Waals surface area contributed by atoms with Crippen molar-refractivity contribution in [1.82, 2.24) is 15.3 Å². The number of rotatable bonds is 5. The Morgan fingerprint density at radius 1 is 1.42 bits per heavy atom. The summed E-state index contributed by atoms with van der Waals surface area (Å²) in [4.78, 5) is 9.55. The third kappa shape index (κ3) is 3.36. The van der Waals surface area contributed by atoms with E-state index in [0.717, 1.165) is 17.2 Å². The number of nitrogens with one attached hydrogen (secondary N) is 1. The Morgan fingerprint density at radius 2 is 2.21 bits per heavy atom. The van der Waals surface area contributed by atoms with E-state index in [1.807, 2.05) is 13.8 Å². The Hall–Kier alpha value is -1.33. The zero-order valence-electron chi connectivity index (χ0n) is 11.4. The maximum Gasteiger partial charge on any atom is 0.146 e. The molecule has 0 aliphatic carbocycles. The summed E-state index contributed by atoms with van der Waals surface area (Å²) in [6, 6.07) is 1.67. The van der Waals surface area contributed by atoms with E-state index >= 15 is 0 Å². The highest BCUT2D eigenvalue weighted by Crippen LogP contribution is 2.24. The van der Waals surface area contributed by atoms with Gasteiger partial charge in [0.2, 0.25) is 0 Å². The zero-order valence-corrected chi connectivity index (χ0v) is 12.2. The highest BCUT2D eigenvalue weighted by molar-refractivity contribution is 7.11. The smallest absolute Gasteiger partial charge is 0.146 e. The van der Waals surface area contributed by atoms with Crippen LogP contribution in [-0.4, -0.2) is 16.5 Å². The minimum Gasteiger partial charge on any atom is -0.310 e. The molecule has 5 heteroatoms. The number of pyridine rings is 1. The van der Waals surface area contributed by atoms with Crippen LogP contribution in [0.15, 0.2) is 18.5 Å². The maximum atomic E-state index is 13.8. The number of hydrogen-bond acceptors (Lipinski definition) is 4. The van der Waals surface area contributed by atoms with Gasteiger partial charge in [0, 0.05) is 29.1 Å². The first-order valence-corrected chi connectivity index (χ1v) is 7.19. The molecular weight excluding hydrogens is 261 g/mol. The lowest BCUT2D eigenvalue weighted by atomic mass is 10.0. The lowest BCUT2D eigenvalue weighted by molar-refractivity contribution is 0.506. The molecule has 1 N–H and O–H groups in total. The van der Waals surface area contributed by atoms with Crippen LogP contribution in [0.5, 0.6) is 0 Å². The zero-order chi connectivity index (χ0) is 13.8. The van der Waals surface area contributed by atoms with E-state index in [9.17, 15) is 4.39 Å². The second kappa shape index (κ2) is 6.21. The Balaban J connectivity index is 2.23. The molecule has 1 atom stereocenters. The molecule has 2 aromatic heterocycles. The number of likely N-dealkylation sites (N-methyl/N-ethyl adjacent to an activating group) is 1. The molecule has 2 rings (SSSR count). The fraction of sp³-hybridized carbons (Fsp3) is 0.429. The van der Waals surface area contributed by atoms with E-state index in [-0.39, 0.29) is 11.9 Å². The Kier molecular flexibility index (Phi) is 4.61. The number of nitrogens with zero attached hydrogens (tertiary/aromatic N) is 2. The molecule has 0 fully saturated rings. The summed E-state index contributed by atoms with van der Waals surface area (Å²) in [5, 5.41) is 4.35. The molecule has 19 heavy (non-hydrogen) atoms. The molecule has 0 aliphatic heterocycles. The third-order valence-electron chi connectivity index (χ3n) is 3.08. The third-order valence-corrected chi connectivity index (χ3v) is 4.18. The Bertz CT molecular complexity index is 534. The van der Waals surface area contributed by atoms with Crippen LogP contribution >= 0.6 is 11.3 Å².